The number of hydrogen-bond donors (Lipinski definition) is 1. The van der Waals surface area contributed by atoms with Crippen LogP contribution in [0, 0.1) is 5.92 Å². The molecule has 5 heteroatoms. The molecule has 0 bridgehead atoms. The summed E-state index contributed by atoms with van der Waals surface area (Å²) in [5, 5.41) is 10.1. The number of nitrogens with one attached hydrogen (secondary N) is 1. The molecule has 2 atom stereocenters. The molecular formula is C20H18N4O. The number of ketones is 1. The highest BCUT2D eigenvalue weighted by Gasteiger charge is 2.38. The van der Waals surface area contributed by atoms with Crippen LogP contribution in [-0.2, 0) is 4.79 Å². The van der Waals surface area contributed by atoms with Crippen LogP contribution < -0.4 is 5.32 Å². The summed E-state index contributed by atoms with van der Waals surface area (Å²) >= 11 is 0. The van der Waals surface area contributed by atoms with Crippen molar-refractivity contribution in [1.82, 2.24) is 14.8 Å². The van der Waals surface area contributed by atoms with Gasteiger partial charge in [-0.2, -0.15) is 10.1 Å². The van der Waals surface area contributed by atoms with Gasteiger partial charge < -0.3 is 5.32 Å². The van der Waals surface area contributed by atoms with Crippen LogP contribution in [-0.4, -0.2) is 20.5 Å². The number of Topliss-reactive ketones (excluding diaryl/α,β-unsaturated/α-hetero) is 1. The van der Waals surface area contributed by atoms with Gasteiger partial charge in [-0.25, -0.2) is 4.68 Å². The Labute approximate surface area is 145 Å². The van der Waals surface area contributed by atoms with Gasteiger partial charge in [0, 0.05) is 17.7 Å². The molecule has 2 aliphatic rings. The van der Waals surface area contributed by atoms with Crippen molar-refractivity contribution in [2.75, 3.05) is 5.32 Å². The first kappa shape index (κ1) is 14.4. The molecule has 124 valence electrons. The molecule has 0 saturated heterocycles. The average Bonchev–Trinajstić information content (AvgIpc) is 3.07. The van der Waals surface area contributed by atoms with Gasteiger partial charge in [-0.05, 0) is 28.7 Å². The first-order valence-corrected chi connectivity index (χ1v) is 8.63. The van der Waals surface area contributed by atoms with Crippen molar-refractivity contribution in [2.24, 2.45) is 5.92 Å². The highest BCUT2D eigenvalue weighted by Crippen LogP contribution is 2.42. The second-order valence-corrected chi connectivity index (χ2v) is 6.95. The molecule has 0 spiro atoms. The molecule has 1 aromatic heterocycles. The van der Waals surface area contributed by atoms with Crippen molar-refractivity contribution >= 4 is 22.5 Å². The molecule has 5 nitrogen and oxygen atoms in total. The molecule has 0 fully saturated rings. The predicted molar refractivity (Wildman–Crippen MR) is 96.2 cm³/mol. The lowest BCUT2D eigenvalue weighted by molar-refractivity contribution is -0.117. The van der Waals surface area contributed by atoms with Crippen LogP contribution in [0.25, 0.3) is 10.8 Å². The normalized spacial score (nSPS) is 22.5. The first-order chi connectivity index (χ1) is 12.2. The van der Waals surface area contributed by atoms with Crippen molar-refractivity contribution in [3.8, 4) is 0 Å². The van der Waals surface area contributed by atoms with E-state index in [4.69, 9.17) is 0 Å². The standard InChI is InChI=1S/C20H18N4O/c1-12-9-16-18(17(25)10-12)19(24-20(23-16)21-11-22-24)15-8-4-6-13-5-2-3-7-14(13)15/h2-8,11-12,19H,9-10H2,1H3,(H,21,22,23)/t12-,19-/m0/s1. The van der Waals surface area contributed by atoms with Crippen molar-refractivity contribution in [2.45, 2.75) is 25.8 Å². The van der Waals surface area contributed by atoms with Gasteiger partial charge in [0.15, 0.2) is 5.78 Å². The summed E-state index contributed by atoms with van der Waals surface area (Å²) in [6.07, 6.45) is 3.01. The smallest absolute Gasteiger partial charge is 0.226 e. The summed E-state index contributed by atoms with van der Waals surface area (Å²) < 4.78 is 1.84. The second-order valence-electron chi connectivity index (χ2n) is 6.95. The van der Waals surface area contributed by atoms with Crippen LogP contribution in [0.5, 0.6) is 0 Å². The molecular weight excluding hydrogens is 312 g/mol. The topological polar surface area (TPSA) is 59.8 Å². The van der Waals surface area contributed by atoms with Gasteiger partial charge in [-0.15, -0.1) is 0 Å². The summed E-state index contributed by atoms with van der Waals surface area (Å²) in [5.74, 6) is 1.26. The Balaban J connectivity index is 1.79. The zero-order chi connectivity index (χ0) is 17.0. The van der Waals surface area contributed by atoms with Crippen LogP contribution in [0.15, 0.2) is 60.1 Å². The lowest BCUT2D eigenvalue weighted by atomic mass is 9.80. The third kappa shape index (κ3) is 2.12. The minimum Gasteiger partial charge on any atom is -0.328 e. The number of nitrogens with zero attached hydrogens (tertiary/aromatic N) is 3. The fourth-order valence-corrected chi connectivity index (χ4v) is 4.12. The zero-order valence-electron chi connectivity index (χ0n) is 13.9. The van der Waals surface area contributed by atoms with E-state index < -0.39 is 0 Å². The van der Waals surface area contributed by atoms with Crippen molar-refractivity contribution < 1.29 is 4.79 Å². The van der Waals surface area contributed by atoms with E-state index in [1.54, 1.807) is 6.33 Å². The highest BCUT2D eigenvalue weighted by atomic mass is 16.1. The van der Waals surface area contributed by atoms with Gasteiger partial charge in [-0.1, -0.05) is 49.4 Å². The fourth-order valence-electron chi connectivity index (χ4n) is 4.12. The molecule has 2 heterocycles. The van der Waals surface area contributed by atoms with Crippen LogP contribution in [0.1, 0.15) is 31.4 Å². The van der Waals surface area contributed by atoms with Crippen molar-refractivity contribution in [1.29, 1.82) is 0 Å². The van der Waals surface area contributed by atoms with Gasteiger partial charge in [0.25, 0.3) is 0 Å². The third-order valence-corrected chi connectivity index (χ3v) is 5.18. The Morgan fingerprint density at radius 2 is 1.96 bits per heavy atom. The van der Waals surface area contributed by atoms with Crippen LogP contribution in [0.3, 0.4) is 0 Å². The van der Waals surface area contributed by atoms with Crippen LogP contribution in [0.2, 0.25) is 0 Å². The monoisotopic (exact) mass is 330 g/mol. The van der Waals surface area contributed by atoms with Gasteiger partial charge in [-0.3, -0.25) is 4.79 Å². The number of aromatic nitrogens is 3. The molecule has 2 aromatic carbocycles. The van der Waals surface area contributed by atoms with Gasteiger partial charge in [0.1, 0.15) is 12.4 Å². The van der Waals surface area contributed by atoms with E-state index in [1.165, 1.54) is 5.39 Å². The Hall–Kier alpha value is -2.95. The predicted octanol–water partition coefficient (Wildman–Crippen LogP) is 3.70. The Morgan fingerprint density at radius 1 is 1.12 bits per heavy atom. The summed E-state index contributed by atoms with van der Waals surface area (Å²) in [6, 6.07) is 14.3. The number of carbonyl (C=O) groups is 1. The molecule has 25 heavy (non-hydrogen) atoms. The SMILES string of the molecule is C[C@@H]1CC(=O)C2=C(C1)Nc1ncnn1[C@H]2c1cccc2ccccc12. The first-order valence-electron chi connectivity index (χ1n) is 8.63. The van der Waals surface area contributed by atoms with E-state index in [-0.39, 0.29) is 11.8 Å². The van der Waals surface area contributed by atoms with Gasteiger partial charge in [0.05, 0.1) is 0 Å². The van der Waals surface area contributed by atoms with Crippen LogP contribution in [0.4, 0.5) is 5.95 Å². The Kier molecular flexibility index (Phi) is 3.04. The summed E-state index contributed by atoms with van der Waals surface area (Å²) in [6.45, 7) is 2.12. The van der Waals surface area contributed by atoms with E-state index in [2.05, 4.69) is 46.6 Å². The maximum atomic E-state index is 12.9. The third-order valence-electron chi connectivity index (χ3n) is 5.18. The quantitative estimate of drug-likeness (QED) is 0.739. The number of carbonyl (C=O) groups excluding carboxylic acids is 1. The molecule has 0 unspecified atom stereocenters. The van der Waals surface area contributed by atoms with E-state index in [9.17, 15) is 4.79 Å². The van der Waals surface area contributed by atoms with Crippen LogP contribution >= 0.6 is 0 Å². The van der Waals surface area contributed by atoms with E-state index in [0.717, 1.165) is 28.6 Å². The van der Waals surface area contributed by atoms with E-state index >= 15 is 0 Å². The van der Waals surface area contributed by atoms with Crippen molar-refractivity contribution in [3.05, 3.63) is 65.6 Å². The zero-order valence-corrected chi connectivity index (χ0v) is 13.9. The number of benzene rings is 2. The lowest BCUT2D eigenvalue weighted by Crippen LogP contribution is -2.33. The molecule has 1 N–H and O–H groups in total. The number of hydrogen-bond acceptors (Lipinski definition) is 4. The molecule has 1 aliphatic heterocycles. The number of rotatable bonds is 1. The minimum atomic E-state index is -0.222. The van der Waals surface area contributed by atoms with Gasteiger partial charge in [0.2, 0.25) is 5.95 Å². The molecule has 3 aromatic rings. The molecule has 0 saturated carbocycles. The lowest BCUT2D eigenvalue weighted by Gasteiger charge is -2.34. The fraction of sp³-hybridized carbons (Fsp3) is 0.250. The number of allylic oxidation sites excluding steroid dienone is 2. The summed E-state index contributed by atoms with van der Waals surface area (Å²) in [7, 11) is 0. The molecule has 5 rings (SSSR count). The highest BCUT2D eigenvalue weighted by molar-refractivity contribution is 6.00. The Morgan fingerprint density at radius 3 is 2.88 bits per heavy atom. The van der Waals surface area contributed by atoms with Gasteiger partial charge >= 0.3 is 0 Å². The number of anilines is 1. The maximum absolute atomic E-state index is 12.9. The second kappa shape index (κ2) is 5.28. The average molecular weight is 330 g/mol. The Bertz CT molecular complexity index is 1030. The minimum absolute atomic E-state index is 0.209. The summed E-state index contributed by atoms with van der Waals surface area (Å²) in [5.41, 5.74) is 2.94. The molecule has 1 aliphatic carbocycles. The summed E-state index contributed by atoms with van der Waals surface area (Å²) in [4.78, 5) is 17.3. The van der Waals surface area contributed by atoms with Crippen molar-refractivity contribution in [3.63, 3.8) is 0 Å². The molecule has 0 amide bonds. The maximum Gasteiger partial charge on any atom is 0.226 e. The molecule has 0 radical (unpaired) electrons. The van der Waals surface area contributed by atoms with E-state index in [0.29, 0.717) is 18.3 Å². The largest absolute Gasteiger partial charge is 0.328 e. The van der Waals surface area contributed by atoms with E-state index in [1.807, 2.05) is 22.9 Å². The number of fused-ring (bicyclic) bond motifs is 2.